The van der Waals surface area contributed by atoms with E-state index in [1.807, 2.05) is 0 Å². The van der Waals surface area contributed by atoms with Gasteiger partial charge in [-0.1, -0.05) is 18.2 Å². The van der Waals surface area contributed by atoms with Crippen LogP contribution in [0.2, 0.25) is 0 Å². The van der Waals surface area contributed by atoms with Gasteiger partial charge in [0.05, 0.1) is 0 Å². The molecule has 1 aromatic heterocycles. The number of benzene rings is 2. The van der Waals surface area contributed by atoms with Crippen LogP contribution in [0.15, 0.2) is 36.4 Å². The number of ketones is 1. The Kier molecular flexibility index (Phi) is 2.19. The van der Waals surface area contributed by atoms with E-state index in [1.165, 1.54) is 29.2 Å². The topological polar surface area (TPSA) is 32.9 Å². The lowest BCUT2D eigenvalue weighted by Crippen LogP contribution is -2.15. The number of rotatable bonds is 0. The summed E-state index contributed by atoms with van der Waals surface area (Å²) < 4.78 is 0. The molecule has 0 radical (unpaired) electrons. The molecular weight excluding hydrogens is 258 g/mol. The van der Waals surface area contributed by atoms with Crippen LogP contribution < -0.4 is 0 Å². The normalized spacial score (nSPS) is 24.5. The minimum atomic E-state index is 0.268. The SMILES string of the molecule is O=C1c2cc3[nH]c4ccccc4c3cc2C2CCC1CC2. The van der Waals surface area contributed by atoms with Crippen LogP contribution in [0.5, 0.6) is 0 Å². The Labute approximate surface area is 123 Å². The molecule has 1 N–H and O–H groups in total. The fourth-order valence-electron chi connectivity index (χ4n) is 4.35. The Morgan fingerprint density at radius 3 is 2.48 bits per heavy atom. The van der Waals surface area contributed by atoms with E-state index in [0.717, 1.165) is 29.4 Å². The number of hydrogen-bond donors (Lipinski definition) is 1. The number of aromatic amines is 1. The number of para-hydroxylation sites is 1. The van der Waals surface area contributed by atoms with Crippen molar-refractivity contribution in [2.45, 2.75) is 31.6 Å². The lowest BCUT2D eigenvalue weighted by atomic mass is 9.82. The van der Waals surface area contributed by atoms with E-state index >= 15 is 0 Å². The number of hydrogen-bond acceptors (Lipinski definition) is 1. The Morgan fingerprint density at radius 2 is 1.62 bits per heavy atom. The maximum absolute atomic E-state index is 12.7. The van der Waals surface area contributed by atoms with Crippen LogP contribution in [0.4, 0.5) is 0 Å². The lowest BCUT2D eigenvalue weighted by molar-refractivity contribution is 0.0898. The fourth-order valence-corrected chi connectivity index (χ4v) is 4.35. The van der Waals surface area contributed by atoms with Crippen molar-refractivity contribution >= 4 is 27.6 Å². The highest BCUT2D eigenvalue weighted by molar-refractivity contribution is 6.11. The van der Waals surface area contributed by atoms with Gasteiger partial charge in [0, 0.05) is 33.3 Å². The summed E-state index contributed by atoms with van der Waals surface area (Å²) in [7, 11) is 0. The third-order valence-corrected chi connectivity index (χ3v) is 5.48. The molecule has 0 saturated heterocycles. The fraction of sp³-hybridized carbons (Fsp3) is 0.316. The molecule has 0 unspecified atom stereocenters. The summed E-state index contributed by atoms with van der Waals surface area (Å²) in [6, 6.07) is 12.8. The average molecular weight is 275 g/mol. The standard InChI is InChI=1S/C19H17NO/c21-19-12-7-5-11(6-8-12)14-9-15-13-3-1-2-4-17(13)20-18(15)10-16(14)19/h1-4,9-12,20H,5-8H2. The number of Topliss-reactive ketones (excluding diaryl/α,β-unsaturated/α-hetero) is 1. The predicted molar refractivity (Wildman–Crippen MR) is 84.8 cm³/mol. The summed E-state index contributed by atoms with van der Waals surface area (Å²) in [5.41, 5.74) is 4.55. The Balaban J connectivity index is 1.88. The quantitative estimate of drug-likeness (QED) is 0.628. The first-order chi connectivity index (χ1) is 10.3. The highest BCUT2D eigenvalue weighted by atomic mass is 16.1. The van der Waals surface area contributed by atoms with E-state index in [4.69, 9.17) is 0 Å². The summed E-state index contributed by atoms with van der Waals surface area (Å²) in [5, 5.41) is 2.53. The van der Waals surface area contributed by atoms with Gasteiger partial charge in [-0.05, 0) is 55.4 Å². The number of nitrogens with one attached hydrogen (secondary N) is 1. The zero-order chi connectivity index (χ0) is 14.0. The van der Waals surface area contributed by atoms with Gasteiger partial charge in [-0.3, -0.25) is 4.79 Å². The number of carbonyl (C=O) groups excluding carboxylic acids is 1. The molecule has 2 nitrogen and oxygen atoms in total. The predicted octanol–water partition coefficient (Wildman–Crippen LogP) is 4.79. The molecule has 2 bridgehead atoms. The molecule has 0 aliphatic heterocycles. The number of H-pyrrole nitrogens is 1. The molecule has 3 aliphatic rings. The van der Waals surface area contributed by atoms with Crippen molar-refractivity contribution in [3.8, 4) is 0 Å². The van der Waals surface area contributed by atoms with Crippen molar-refractivity contribution in [3.05, 3.63) is 47.5 Å². The zero-order valence-corrected chi connectivity index (χ0v) is 11.9. The van der Waals surface area contributed by atoms with Gasteiger partial charge in [0.2, 0.25) is 0 Å². The minimum Gasteiger partial charge on any atom is -0.354 e. The van der Waals surface area contributed by atoms with Crippen LogP contribution in [0.3, 0.4) is 0 Å². The van der Waals surface area contributed by atoms with Gasteiger partial charge in [-0.25, -0.2) is 0 Å². The molecule has 0 spiro atoms. The Hall–Kier alpha value is -2.09. The van der Waals surface area contributed by atoms with Crippen molar-refractivity contribution < 1.29 is 4.79 Å². The molecule has 21 heavy (non-hydrogen) atoms. The summed E-state index contributed by atoms with van der Waals surface area (Å²) >= 11 is 0. The minimum absolute atomic E-state index is 0.268. The van der Waals surface area contributed by atoms with Gasteiger partial charge in [0.15, 0.2) is 5.78 Å². The van der Waals surface area contributed by atoms with Crippen molar-refractivity contribution in [2.24, 2.45) is 5.92 Å². The van der Waals surface area contributed by atoms with Crippen LogP contribution in [0, 0.1) is 5.92 Å². The monoisotopic (exact) mass is 275 g/mol. The largest absolute Gasteiger partial charge is 0.354 e. The third kappa shape index (κ3) is 1.50. The Morgan fingerprint density at radius 1 is 0.857 bits per heavy atom. The molecule has 3 aromatic rings. The first kappa shape index (κ1) is 11.6. The maximum atomic E-state index is 12.7. The highest BCUT2D eigenvalue weighted by Crippen LogP contribution is 2.44. The number of fused-ring (bicyclic) bond motifs is 5. The molecule has 0 amide bonds. The van der Waals surface area contributed by atoms with Gasteiger partial charge >= 0.3 is 0 Å². The summed E-state index contributed by atoms with van der Waals surface area (Å²) in [6.45, 7) is 0. The smallest absolute Gasteiger partial charge is 0.166 e. The van der Waals surface area contributed by atoms with Crippen molar-refractivity contribution in [1.29, 1.82) is 0 Å². The van der Waals surface area contributed by atoms with E-state index < -0.39 is 0 Å². The van der Waals surface area contributed by atoms with Gasteiger partial charge in [-0.15, -0.1) is 0 Å². The molecule has 6 rings (SSSR count). The third-order valence-electron chi connectivity index (χ3n) is 5.48. The second kappa shape index (κ2) is 3.97. The van der Waals surface area contributed by atoms with Gasteiger partial charge in [0.1, 0.15) is 0 Å². The molecular formula is C19H17NO. The van der Waals surface area contributed by atoms with Gasteiger partial charge < -0.3 is 4.98 Å². The molecule has 2 aromatic carbocycles. The molecule has 0 atom stereocenters. The van der Waals surface area contributed by atoms with Crippen molar-refractivity contribution in [1.82, 2.24) is 4.98 Å². The summed E-state index contributed by atoms with van der Waals surface area (Å²) in [4.78, 5) is 16.2. The van der Waals surface area contributed by atoms with E-state index in [0.29, 0.717) is 11.7 Å². The van der Waals surface area contributed by atoms with E-state index in [2.05, 4.69) is 41.4 Å². The van der Waals surface area contributed by atoms with Gasteiger partial charge in [0.25, 0.3) is 0 Å². The molecule has 2 heteroatoms. The van der Waals surface area contributed by atoms with Crippen LogP contribution in [-0.2, 0) is 0 Å². The van der Waals surface area contributed by atoms with E-state index in [9.17, 15) is 4.79 Å². The second-order valence-corrected chi connectivity index (χ2v) is 6.57. The molecule has 3 aliphatic carbocycles. The van der Waals surface area contributed by atoms with Crippen molar-refractivity contribution in [3.63, 3.8) is 0 Å². The van der Waals surface area contributed by atoms with Crippen LogP contribution >= 0.6 is 0 Å². The second-order valence-electron chi connectivity index (χ2n) is 6.57. The Bertz CT molecular complexity index is 881. The van der Waals surface area contributed by atoms with Crippen LogP contribution in [0.1, 0.15) is 47.5 Å². The average Bonchev–Trinajstić information content (AvgIpc) is 2.79. The molecule has 1 heterocycles. The lowest BCUT2D eigenvalue weighted by Gasteiger charge is -2.22. The van der Waals surface area contributed by atoms with Gasteiger partial charge in [-0.2, -0.15) is 0 Å². The molecule has 1 saturated carbocycles. The van der Waals surface area contributed by atoms with Crippen LogP contribution in [0.25, 0.3) is 21.8 Å². The van der Waals surface area contributed by atoms with E-state index in [-0.39, 0.29) is 5.92 Å². The zero-order valence-electron chi connectivity index (χ0n) is 11.9. The number of aromatic nitrogens is 1. The molecule has 104 valence electrons. The first-order valence-electron chi connectivity index (χ1n) is 7.90. The first-order valence-corrected chi connectivity index (χ1v) is 7.90. The van der Waals surface area contributed by atoms with Crippen molar-refractivity contribution in [2.75, 3.05) is 0 Å². The summed E-state index contributed by atoms with van der Waals surface area (Å²) in [5.74, 6) is 1.23. The van der Waals surface area contributed by atoms with Crippen LogP contribution in [-0.4, -0.2) is 10.8 Å². The van der Waals surface area contributed by atoms with E-state index in [1.54, 1.807) is 0 Å². The number of carbonyl (C=O) groups is 1. The highest BCUT2D eigenvalue weighted by Gasteiger charge is 2.35. The molecule has 1 fully saturated rings. The summed E-state index contributed by atoms with van der Waals surface area (Å²) in [6.07, 6.45) is 4.51. The maximum Gasteiger partial charge on any atom is 0.166 e.